The van der Waals surface area contributed by atoms with Gasteiger partial charge in [0.25, 0.3) is 10.9 Å². The summed E-state index contributed by atoms with van der Waals surface area (Å²) in [5, 5.41) is 13.9. The van der Waals surface area contributed by atoms with E-state index in [0.29, 0.717) is 0 Å². The number of anilines is 1. The Kier molecular flexibility index (Phi) is 3.99. The van der Waals surface area contributed by atoms with Crippen LogP contribution in [0.25, 0.3) is 0 Å². The van der Waals surface area contributed by atoms with Crippen LogP contribution in [0.2, 0.25) is 0 Å². The minimum atomic E-state index is -0.763. The molecule has 104 valence electrons. The summed E-state index contributed by atoms with van der Waals surface area (Å²) in [7, 11) is 0. The molecule has 2 N–H and O–H groups in total. The molecule has 0 radical (unpaired) electrons. The lowest BCUT2D eigenvalue weighted by Crippen LogP contribution is -2.27. The van der Waals surface area contributed by atoms with E-state index in [4.69, 9.17) is 0 Å². The van der Waals surface area contributed by atoms with Gasteiger partial charge in [-0.15, -0.1) is 0 Å². The number of nitrogens with one attached hydrogen (secondary N) is 2. The molecule has 1 aromatic carbocycles. The molecule has 1 saturated heterocycles. The van der Waals surface area contributed by atoms with E-state index in [1.807, 2.05) is 0 Å². The molecule has 0 saturated carbocycles. The van der Waals surface area contributed by atoms with Gasteiger partial charge in [0, 0.05) is 24.2 Å². The van der Waals surface area contributed by atoms with Crippen LogP contribution in [0.1, 0.15) is 6.42 Å². The number of carbonyl (C=O) groups is 3. The standard InChI is InChI=1S/C11H9N3O5S/c15-9(5-8-10(16)13-11(17)20-8)12-6-2-1-3-7(4-6)14(18)19/h1-4,8H,5H2,(H,12,15)(H,13,16,17)/t8-/m1/s1. The summed E-state index contributed by atoms with van der Waals surface area (Å²) in [5.74, 6) is -0.998. The monoisotopic (exact) mass is 295 g/mol. The topological polar surface area (TPSA) is 118 Å². The van der Waals surface area contributed by atoms with Crippen LogP contribution in [-0.2, 0) is 9.59 Å². The summed E-state index contributed by atoms with van der Waals surface area (Å²) in [4.78, 5) is 44.0. The van der Waals surface area contributed by atoms with Crippen molar-refractivity contribution in [2.24, 2.45) is 0 Å². The maximum Gasteiger partial charge on any atom is 0.286 e. The third-order valence-corrected chi connectivity index (χ3v) is 3.46. The third-order valence-electron chi connectivity index (χ3n) is 2.48. The lowest BCUT2D eigenvalue weighted by molar-refractivity contribution is -0.384. The Bertz CT molecular complexity index is 603. The molecule has 1 atom stereocenters. The molecule has 1 aliphatic heterocycles. The number of rotatable bonds is 4. The molecule has 0 spiro atoms. The molecule has 0 bridgehead atoms. The molecule has 9 heteroatoms. The minimum absolute atomic E-state index is 0.147. The van der Waals surface area contributed by atoms with E-state index in [-0.39, 0.29) is 17.8 Å². The quantitative estimate of drug-likeness (QED) is 0.638. The molecule has 0 aliphatic carbocycles. The zero-order valence-electron chi connectivity index (χ0n) is 9.99. The highest BCUT2D eigenvalue weighted by Gasteiger charge is 2.33. The Morgan fingerprint density at radius 1 is 1.45 bits per heavy atom. The molecule has 0 unspecified atom stereocenters. The molecular weight excluding hydrogens is 286 g/mol. The summed E-state index contributed by atoms with van der Waals surface area (Å²) >= 11 is 0.752. The molecule has 1 fully saturated rings. The SMILES string of the molecule is O=C(C[C@H]1SC(=O)NC1=O)Nc1cccc([N+](=O)[O-])c1. The first kappa shape index (κ1) is 14.0. The van der Waals surface area contributed by atoms with E-state index in [1.165, 1.54) is 24.3 Å². The number of nitrogens with zero attached hydrogens (tertiary/aromatic N) is 1. The number of thioether (sulfide) groups is 1. The second-order valence-corrected chi connectivity index (χ2v) is 5.12. The lowest BCUT2D eigenvalue weighted by Gasteiger charge is -2.07. The van der Waals surface area contributed by atoms with Crippen LogP contribution >= 0.6 is 11.8 Å². The Hall–Kier alpha value is -2.42. The number of hydrogen-bond donors (Lipinski definition) is 2. The van der Waals surface area contributed by atoms with Crippen LogP contribution < -0.4 is 10.6 Å². The number of nitro groups is 1. The molecule has 1 heterocycles. The van der Waals surface area contributed by atoms with Gasteiger partial charge in [0.15, 0.2) is 0 Å². The van der Waals surface area contributed by atoms with Crippen LogP contribution in [0.4, 0.5) is 16.2 Å². The molecule has 3 amide bonds. The Balaban J connectivity index is 1.98. The van der Waals surface area contributed by atoms with Gasteiger partial charge in [-0.3, -0.25) is 29.8 Å². The minimum Gasteiger partial charge on any atom is -0.326 e. The Labute approximate surface area is 117 Å². The van der Waals surface area contributed by atoms with E-state index in [9.17, 15) is 24.5 Å². The smallest absolute Gasteiger partial charge is 0.286 e. The number of carbonyl (C=O) groups excluding carboxylic acids is 3. The number of hydrogen-bond acceptors (Lipinski definition) is 6. The van der Waals surface area contributed by atoms with Crippen molar-refractivity contribution >= 4 is 40.2 Å². The highest BCUT2D eigenvalue weighted by molar-refractivity contribution is 8.15. The molecule has 8 nitrogen and oxygen atoms in total. The zero-order chi connectivity index (χ0) is 14.7. The lowest BCUT2D eigenvalue weighted by atomic mass is 10.2. The van der Waals surface area contributed by atoms with Gasteiger partial charge in [0.1, 0.15) is 5.25 Å². The maximum atomic E-state index is 11.7. The van der Waals surface area contributed by atoms with E-state index in [2.05, 4.69) is 10.6 Å². The number of benzene rings is 1. The highest BCUT2D eigenvalue weighted by Crippen LogP contribution is 2.23. The van der Waals surface area contributed by atoms with Gasteiger partial charge in [-0.1, -0.05) is 17.8 Å². The summed E-state index contributed by atoms with van der Waals surface area (Å²) in [5.41, 5.74) is 0.116. The van der Waals surface area contributed by atoms with E-state index >= 15 is 0 Å². The number of nitro benzene ring substituents is 1. The third kappa shape index (κ3) is 3.32. The van der Waals surface area contributed by atoms with Crippen LogP contribution in [0.3, 0.4) is 0 Å². The van der Waals surface area contributed by atoms with Crippen LogP contribution in [0, 0.1) is 10.1 Å². The fourth-order valence-electron chi connectivity index (χ4n) is 1.61. The Morgan fingerprint density at radius 3 is 2.80 bits per heavy atom. The van der Waals surface area contributed by atoms with Crippen LogP contribution in [0.5, 0.6) is 0 Å². The summed E-state index contributed by atoms with van der Waals surface area (Å²) in [6.07, 6.45) is -0.176. The first-order valence-electron chi connectivity index (χ1n) is 5.51. The maximum absolute atomic E-state index is 11.7. The highest BCUT2D eigenvalue weighted by atomic mass is 32.2. The normalized spacial score (nSPS) is 17.7. The largest absolute Gasteiger partial charge is 0.326 e. The van der Waals surface area contributed by atoms with Gasteiger partial charge in [0.2, 0.25) is 11.8 Å². The zero-order valence-corrected chi connectivity index (χ0v) is 10.8. The van der Waals surface area contributed by atoms with E-state index < -0.39 is 27.2 Å². The van der Waals surface area contributed by atoms with Crippen molar-refractivity contribution in [1.29, 1.82) is 0 Å². The van der Waals surface area contributed by atoms with Crippen molar-refractivity contribution in [3.05, 3.63) is 34.4 Å². The predicted molar refractivity (Wildman–Crippen MR) is 71.3 cm³/mol. The summed E-state index contributed by atoms with van der Waals surface area (Å²) in [6, 6.07) is 5.45. The fraction of sp³-hybridized carbons (Fsp3) is 0.182. The molecule has 1 aliphatic rings. The van der Waals surface area contributed by atoms with E-state index in [0.717, 1.165) is 11.8 Å². The van der Waals surface area contributed by atoms with Crippen molar-refractivity contribution < 1.29 is 19.3 Å². The first-order valence-corrected chi connectivity index (χ1v) is 6.39. The van der Waals surface area contributed by atoms with Crippen molar-refractivity contribution in [3.8, 4) is 0 Å². The second-order valence-electron chi connectivity index (χ2n) is 3.94. The van der Waals surface area contributed by atoms with E-state index in [1.54, 1.807) is 0 Å². The van der Waals surface area contributed by atoms with Gasteiger partial charge >= 0.3 is 0 Å². The molecule has 20 heavy (non-hydrogen) atoms. The molecule has 2 rings (SSSR count). The van der Waals surface area contributed by atoms with Crippen molar-refractivity contribution in [2.75, 3.05) is 5.32 Å². The Morgan fingerprint density at radius 2 is 2.20 bits per heavy atom. The number of imide groups is 1. The van der Waals surface area contributed by atoms with Gasteiger partial charge in [-0.05, 0) is 6.07 Å². The number of amides is 3. The number of non-ortho nitro benzene ring substituents is 1. The molecule has 1 aromatic rings. The van der Waals surface area contributed by atoms with Gasteiger partial charge in [0.05, 0.1) is 4.92 Å². The van der Waals surface area contributed by atoms with Gasteiger partial charge in [-0.25, -0.2) is 0 Å². The second kappa shape index (κ2) is 5.70. The van der Waals surface area contributed by atoms with Gasteiger partial charge < -0.3 is 5.32 Å². The summed E-state index contributed by atoms with van der Waals surface area (Å²) in [6.45, 7) is 0. The van der Waals surface area contributed by atoms with Crippen LogP contribution in [0.15, 0.2) is 24.3 Å². The van der Waals surface area contributed by atoms with Crippen molar-refractivity contribution in [2.45, 2.75) is 11.7 Å². The molecular formula is C11H9N3O5S. The van der Waals surface area contributed by atoms with Crippen LogP contribution in [-0.4, -0.2) is 27.2 Å². The first-order chi connectivity index (χ1) is 9.45. The fourth-order valence-corrected chi connectivity index (χ4v) is 2.42. The average Bonchev–Trinajstić information content (AvgIpc) is 2.67. The molecule has 0 aromatic heterocycles. The summed E-state index contributed by atoms with van der Waals surface area (Å²) < 4.78 is 0. The van der Waals surface area contributed by atoms with Crippen molar-refractivity contribution in [3.63, 3.8) is 0 Å². The van der Waals surface area contributed by atoms with Crippen molar-refractivity contribution in [1.82, 2.24) is 5.32 Å². The average molecular weight is 295 g/mol. The predicted octanol–water partition coefficient (Wildman–Crippen LogP) is 1.27. The van der Waals surface area contributed by atoms with Gasteiger partial charge in [-0.2, -0.15) is 0 Å².